The fraction of sp³-hybridized carbons (Fsp3) is 0.0233. The Balaban J connectivity index is 1.15. The summed E-state index contributed by atoms with van der Waals surface area (Å²) in [6.07, 6.45) is 0. The van der Waals surface area contributed by atoms with Gasteiger partial charge in [0, 0.05) is 27.6 Å². The predicted molar refractivity (Wildman–Crippen MR) is 187 cm³/mol. The van der Waals surface area contributed by atoms with Crippen molar-refractivity contribution in [3.8, 4) is 33.4 Å². The van der Waals surface area contributed by atoms with Gasteiger partial charge in [0.1, 0.15) is 0 Å². The molecule has 1 aliphatic rings. The normalized spacial score (nSPS) is 13.5. The molecule has 8 aromatic rings. The zero-order valence-corrected chi connectivity index (χ0v) is 24.4. The largest absolute Gasteiger partial charge is 0.247 e. The first kappa shape index (κ1) is 25.5. The second-order valence-corrected chi connectivity index (χ2v) is 11.8. The van der Waals surface area contributed by atoms with Crippen LogP contribution in [0.25, 0.3) is 70.8 Å². The minimum absolute atomic E-state index is 0.138. The van der Waals surface area contributed by atoms with Gasteiger partial charge in [0.15, 0.2) is 5.69 Å². The van der Waals surface area contributed by atoms with Gasteiger partial charge in [0.2, 0.25) is 0 Å². The molecule has 0 fully saturated rings. The van der Waals surface area contributed by atoms with E-state index in [4.69, 9.17) is 11.6 Å². The molecule has 2 heteroatoms. The monoisotopic (exact) mass is 570 g/mol. The van der Waals surface area contributed by atoms with E-state index >= 15 is 0 Å². The molecule has 1 atom stereocenters. The Labute approximate surface area is 261 Å². The third-order valence-electron chi connectivity index (χ3n) is 9.34. The van der Waals surface area contributed by atoms with E-state index in [0.29, 0.717) is 5.69 Å². The average Bonchev–Trinajstić information content (AvgIpc) is 3.44. The van der Waals surface area contributed by atoms with Crippen molar-refractivity contribution in [2.24, 2.45) is 0 Å². The summed E-state index contributed by atoms with van der Waals surface area (Å²) in [5.41, 5.74) is 13.7. The highest BCUT2D eigenvalue weighted by Gasteiger charge is 2.30. The fourth-order valence-corrected chi connectivity index (χ4v) is 7.28. The minimum atomic E-state index is 0.138. The minimum Gasteiger partial charge on any atom is -0.247 e. The molecule has 0 spiro atoms. The molecule has 0 radical (unpaired) electrons. The van der Waals surface area contributed by atoms with Crippen LogP contribution >= 0.6 is 0 Å². The zero-order valence-electron chi connectivity index (χ0n) is 24.4. The molecule has 1 aromatic heterocycles. The Morgan fingerprint density at radius 1 is 0.511 bits per heavy atom. The molecule has 0 saturated carbocycles. The predicted octanol–water partition coefficient (Wildman–Crippen LogP) is 11.6. The molecule has 208 valence electrons. The van der Waals surface area contributed by atoms with Crippen LogP contribution in [0.4, 0.5) is 5.69 Å². The van der Waals surface area contributed by atoms with Crippen molar-refractivity contribution < 1.29 is 0 Å². The van der Waals surface area contributed by atoms with Crippen molar-refractivity contribution >= 4 is 38.3 Å². The number of para-hydroxylation sites is 1. The van der Waals surface area contributed by atoms with Crippen LogP contribution in [0.15, 0.2) is 152 Å². The van der Waals surface area contributed by atoms with Gasteiger partial charge < -0.3 is 0 Å². The summed E-state index contributed by atoms with van der Waals surface area (Å²) in [5.74, 6) is 0.138. The van der Waals surface area contributed by atoms with Crippen LogP contribution in [0, 0.1) is 6.57 Å². The molecule has 0 aliphatic heterocycles. The summed E-state index contributed by atoms with van der Waals surface area (Å²) < 4.78 is 0. The second-order valence-electron chi connectivity index (χ2n) is 11.8. The second kappa shape index (κ2) is 10.0. The van der Waals surface area contributed by atoms with E-state index in [1.807, 2.05) is 12.1 Å². The van der Waals surface area contributed by atoms with Crippen molar-refractivity contribution in [3.63, 3.8) is 0 Å². The fourth-order valence-electron chi connectivity index (χ4n) is 7.28. The van der Waals surface area contributed by atoms with Crippen molar-refractivity contribution in [2.75, 3.05) is 0 Å². The van der Waals surface area contributed by atoms with E-state index in [2.05, 4.69) is 144 Å². The Kier molecular flexibility index (Phi) is 5.67. The lowest BCUT2D eigenvalue weighted by molar-refractivity contribution is 1.02. The lowest BCUT2D eigenvalue weighted by Gasteiger charge is -2.16. The quantitative estimate of drug-likeness (QED) is 0.117. The Bertz CT molecular complexity index is 2500. The van der Waals surface area contributed by atoms with Gasteiger partial charge in [-0.2, -0.15) is 0 Å². The number of hydrogen-bond donors (Lipinski definition) is 0. The number of fused-ring (bicyclic) bond motifs is 7. The number of hydrogen-bond acceptors (Lipinski definition) is 1. The zero-order chi connectivity index (χ0) is 29.9. The van der Waals surface area contributed by atoms with Crippen LogP contribution in [0.2, 0.25) is 0 Å². The summed E-state index contributed by atoms with van der Waals surface area (Å²) >= 11 is 0. The summed E-state index contributed by atoms with van der Waals surface area (Å²) in [7, 11) is 0. The molecule has 45 heavy (non-hydrogen) atoms. The molecule has 2 nitrogen and oxygen atoms in total. The Hall–Kier alpha value is -6.04. The highest BCUT2D eigenvalue weighted by atomic mass is 14.7. The number of nitrogens with zero attached hydrogens (tertiary/aromatic N) is 2. The van der Waals surface area contributed by atoms with Gasteiger partial charge in [-0.1, -0.05) is 140 Å². The molecular formula is C43H26N2. The SMILES string of the molecule is [C-]#[N+]c1ccc2c(c1)-c1ccccc1C2c1cccc(-c2ccc(-c3c4ccccc4nc4c3ccc3ccccc34)cc2)c1. The molecule has 1 unspecified atom stereocenters. The van der Waals surface area contributed by atoms with Gasteiger partial charge in [-0.3, -0.25) is 0 Å². The molecule has 0 amide bonds. The smallest absolute Gasteiger partial charge is 0.187 e. The van der Waals surface area contributed by atoms with E-state index < -0.39 is 0 Å². The van der Waals surface area contributed by atoms with E-state index in [0.717, 1.165) is 16.4 Å². The van der Waals surface area contributed by atoms with Crippen molar-refractivity contribution in [2.45, 2.75) is 5.92 Å². The van der Waals surface area contributed by atoms with Gasteiger partial charge in [-0.15, -0.1) is 0 Å². The van der Waals surface area contributed by atoms with Gasteiger partial charge >= 0.3 is 0 Å². The molecule has 0 N–H and O–H groups in total. The Morgan fingerprint density at radius 3 is 2.16 bits per heavy atom. The van der Waals surface area contributed by atoms with Crippen molar-refractivity contribution in [3.05, 3.63) is 180 Å². The molecule has 1 heterocycles. The third kappa shape index (κ3) is 3.99. The van der Waals surface area contributed by atoms with Crippen LogP contribution in [0.1, 0.15) is 22.6 Å². The van der Waals surface area contributed by atoms with Gasteiger partial charge in [0.05, 0.1) is 17.6 Å². The van der Waals surface area contributed by atoms with Crippen LogP contribution in [0.3, 0.4) is 0 Å². The number of benzene rings is 7. The molecule has 9 rings (SSSR count). The maximum Gasteiger partial charge on any atom is 0.187 e. The summed E-state index contributed by atoms with van der Waals surface area (Å²) in [6, 6.07) is 54.1. The van der Waals surface area contributed by atoms with Crippen molar-refractivity contribution in [1.82, 2.24) is 4.98 Å². The highest BCUT2D eigenvalue weighted by Crippen LogP contribution is 2.49. The lowest BCUT2D eigenvalue weighted by Crippen LogP contribution is -1.99. The number of aromatic nitrogens is 1. The standard InChI is InChI=1S/C43H26N2/c1-44-32-22-24-36-39(26-32)34-13-4-5-14-35(34)42(36)31-11-8-10-30(25-31)27-17-19-29(20-18-27)41-37-15-6-7-16-40(37)45-43-33-12-3-2-9-28(33)21-23-38(41)43/h2-26,42H. The first-order valence-electron chi connectivity index (χ1n) is 15.3. The summed E-state index contributed by atoms with van der Waals surface area (Å²) in [5, 5.41) is 4.71. The van der Waals surface area contributed by atoms with E-state index in [-0.39, 0.29) is 5.92 Å². The maximum atomic E-state index is 7.53. The van der Waals surface area contributed by atoms with E-state index in [9.17, 15) is 0 Å². The summed E-state index contributed by atoms with van der Waals surface area (Å²) in [4.78, 5) is 8.83. The average molecular weight is 571 g/mol. The lowest BCUT2D eigenvalue weighted by atomic mass is 9.87. The number of rotatable bonds is 3. The molecule has 0 bridgehead atoms. The van der Waals surface area contributed by atoms with Crippen molar-refractivity contribution in [1.29, 1.82) is 0 Å². The van der Waals surface area contributed by atoms with Crippen LogP contribution in [-0.2, 0) is 0 Å². The van der Waals surface area contributed by atoms with Crippen LogP contribution in [-0.4, -0.2) is 4.98 Å². The first-order valence-corrected chi connectivity index (χ1v) is 15.3. The van der Waals surface area contributed by atoms with Crippen LogP contribution < -0.4 is 0 Å². The van der Waals surface area contributed by atoms with Gasteiger partial charge in [-0.25, -0.2) is 9.83 Å². The first-order chi connectivity index (χ1) is 22.3. The van der Waals surface area contributed by atoms with E-state index in [1.54, 1.807) is 0 Å². The van der Waals surface area contributed by atoms with Crippen LogP contribution in [0.5, 0.6) is 0 Å². The Morgan fingerprint density at radius 2 is 1.27 bits per heavy atom. The summed E-state index contributed by atoms with van der Waals surface area (Å²) in [6.45, 7) is 7.53. The molecule has 1 aliphatic carbocycles. The van der Waals surface area contributed by atoms with Gasteiger partial charge in [-0.05, 0) is 62.0 Å². The molecule has 0 saturated heterocycles. The topological polar surface area (TPSA) is 17.2 Å². The van der Waals surface area contributed by atoms with Gasteiger partial charge in [0.25, 0.3) is 0 Å². The maximum absolute atomic E-state index is 7.53. The number of pyridine rings is 1. The molecule has 7 aromatic carbocycles. The molecular weight excluding hydrogens is 544 g/mol. The highest BCUT2D eigenvalue weighted by molar-refractivity contribution is 6.16. The third-order valence-corrected chi connectivity index (χ3v) is 9.34. The van der Waals surface area contributed by atoms with E-state index in [1.165, 1.54) is 66.2 Å².